The molecule has 1 saturated heterocycles. The number of likely N-dealkylation sites (N-methyl/N-ethyl adjacent to an activating group) is 1. The van der Waals surface area contributed by atoms with Gasteiger partial charge in [0.25, 0.3) is 0 Å². The van der Waals surface area contributed by atoms with Crippen LogP contribution in [0.1, 0.15) is 40.0 Å². The molecule has 1 aliphatic rings. The highest BCUT2D eigenvalue weighted by Gasteiger charge is 2.27. The number of hydrogen-bond donors (Lipinski definition) is 1. The molecule has 2 atom stereocenters. The highest BCUT2D eigenvalue weighted by molar-refractivity contribution is 4.84. The summed E-state index contributed by atoms with van der Waals surface area (Å²) >= 11 is 0. The third-order valence-electron chi connectivity index (χ3n) is 3.91. The van der Waals surface area contributed by atoms with Crippen LogP contribution in [0.3, 0.4) is 0 Å². The highest BCUT2D eigenvalue weighted by Crippen LogP contribution is 2.23. The van der Waals surface area contributed by atoms with E-state index < -0.39 is 0 Å². The fourth-order valence-corrected chi connectivity index (χ4v) is 2.56. The average Bonchev–Trinajstić information content (AvgIpc) is 2.59. The summed E-state index contributed by atoms with van der Waals surface area (Å²) in [6, 6.07) is 1.06. The van der Waals surface area contributed by atoms with E-state index in [4.69, 9.17) is 5.73 Å². The van der Waals surface area contributed by atoms with Crippen LogP contribution < -0.4 is 5.73 Å². The van der Waals surface area contributed by atoms with Crippen molar-refractivity contribution in [3.05, 3.63) is 0 Å². The molecule has 17 heavy (non-hydrogen) atoms. The van der Waals surface area contributed by atoms with Gasteiger partial charge in [0.2, 0.25) is 0 Å². The first kappa shape index (κ1) is 14.9. The van der Waals surface area contributed by atoms with Gasteiger partial charge in [0, 0.05) is 18.6 Å². The van der Waals surface area contributed by atoms with Gasteiger partial charge in [-0.3, -0.25) is 4.90 Å². The first-order valence-electron chi connectivity index (χ1n) is 6.95. The maximum absolute atomic E-state index is 6.24. The van der Waals surface area contributed by atoms with Crippen molar-refractivity contribution in [2.24, 2.45) is 11.1 Å². The molecule has 0 radical (unpaired) electrons. The molecule has 0 aromatic heterocycles. The smallest absolute Gasteiger partial charge is 0.0223 e. The Kier molecular flexibility index (Phi) is 5.42. The van der Waals surface area contributed by atoms with E-state index in [0.717, 1.165) is 19.0 Å². The molecule has 1 fully saturated rings. The maximum Gasteiger partial charge on any atom is 0.0223 e. The highest BCUT2D eigenvalue weighted by atomic mass is 15.2. The molecule has 3 nitrogen and oxygen atoms in total. The van der Waals surface area contributed by atoms with E-state index in [1.807, 2.05) is 0 Å². The van der Waals surface area contributed by atoms with Crippen LogP contribution in [0, 0.1) is 5.41 Å². The molecule has 0 bridgehead atoms. The molecule has 0 spiro atoms. The van der Waals surface area contributed by atoms with E-state index in [1.165, 1.54) is 25.9 Å². The predicted octanol–water partition coefficient (Wildman–Crippen LogP) is 1.78. The summed E-state index contributed by atoms with van der Waals surface area (Å²) in [7, 11) is 4.33. The van der Waals surface area contributed by atoms with Crippen LogP contribution in [-0.2, 0) is 0 Å². The lowest BCUT2D eigenvalue weighted by Gasteiger charge is -2.31. The van der Waals surface area contributed by atoms with Crippen LogP contribution >= 0.6 is 0 Å². The van der Waals surface area contributed by atoms with Crippen molar-refractivity contribution >= 4 is 0 Å². The molecular formula is C14H31N3. The van der Waals surface area contributed by atoms with Crippen LogP contribution in [0.5, 0.6) is 0 Å². The van der Waals surface area contributed by atoms with E-state index in [2.05, 4.69) is 44.7 Å². The quantitative estimate of drug-likeness (QED) is 0.796. The molecule has 1 heterocycles. The molecule has 0 saturated carbocycles. The number of hydrogen-bond acceptors (Lipinski definition) is 3. The van der Waals surface area contributed by atoms with Gasteiger partial charge in [-0.1, -0.05) is 20.8 Å². The SMILES string of the molecule is CN(C)CC1CCCN1CCC(N)C(C)(C)C. The van der Waals surface area contributed by atoms with Gasteiger partial charge in [-0.2, -0.15) is 0 Å². The Labute approximate surface area is 107 Å². The summed E-state index contributed by atoms with van der Waals surface area (Å²) in [6.07, 6.45) is 3.82. The molecule has 1 aliphatic heterocycles. The van der Waals surface area contributed by atoms with Crippen LogP contribution in [0.25, 0.3) is 0 Å². The second kappa shape index (κ2) is 6.17. The van der Waals surface area contributed by atoms with Crippen LogP contribution in [0.4, 0.5) is 0 Å². The lowest BCUT2D eigenvalue weighted by molar-refractivity contribution is 0.187. The minimum atomic E-state index is 0.233. The van der Waals surface area contributed by atoms with Gasteiger partial charge in [-0.25, -0.2) is 0 Å². The molecular weight excluding hydrogens is 210 g/mol. The van der Waals surface area contributed by atoms with E-state index >= 15 is 0 Å². The molecule has 102 valence electrons. The minimum absolute atomic E-state index is 0.233. The molecule has 2 N–H and O–H groups in total. The van der Waals surface area contributed by atoms with Gasteiger partial charge in [-0.05, 0) is 51.9 Å². The lowest BCUT2D eigenvalue weighted by Crippen LogP contribution is -2.42. The Morgan fingerprint density at radius 1 is 1.35 bits per heavy atom. The van der Waals surface area contributed by atoms with Crippen molar-refractivity contribution in [1.82, 2.24) is 9.80 Å². The number of nitrogens with two attached hydrogens (primary N) is 1. The van der Waals surface area contributed by atoms with Gasteiger partial charge < -0.3 is 10.6 Å². The second-order valence-electron chi connectivity index (χ2n) is 6.86. The molecule has 1 rings (SSSR count). The molecule has 0 amide bonds. The Morgan fingerprint density at radius 3 is 2.53 bits per heavy atom. The lowest BCUT2D eigenvalue weighted by atomic mass is 9.85. The van der Waals surface area contributed by atoms with Gasteiger partial charge in [0.15, 0.2) is 0 Å². The van der Waals surface area contributed by atoms with Crippen molar-refractivity contribution in [2.75, 3.05) is 33.7 Å². The van der Waals surface area contributed by atoms with Gasteiger partial charge in [0.05, 0.1) is 0 Å². The predicted molar refractivity (Wildman–Crippen MR) is 75.2 cm³/mol. The summed E-state index contributed by atoms with van der Waals surface area (Å²) in [5, 5.41) is 0. The summed E-state index contributed by atoms with van der Waals surface area (Å²) in [6.45, 7) is 10.3. The molecule has 2 unspecified atom stereocenters. The average molecular weight is 241 g/mol. The molecule has 0 aromatic carbocycles. The van der Waals surface area contributed by atoms with Crippen molar-refractivity contribution in [3.8, 4) is 0 Å². The standard InChI is InChI=1S/C14H31N3/c1-14(2,3)13(15)8-10-17-9-6-7-12(17)11-16(4)5/h12-13H,6-11,15H2,1-5H3. The maximum atomic E-state index is 6.24. The topological polar surface area (TPSA) is 32.5 Å². The number of nitrogens with zero attached hydrogens (tertiary/aromatic N) is 2. The zero-order valence-electron chi connectivity index (χ0n) is 12.4. The molecule has 0 aromatic rings. The first-order chi connectivity index (χ1) is 7.80. The van der Waals surface area contributed by atoms with Gasteiger partial charge in [0.1, 0.15) is 0 Å². The summed E-state index contributed by atoms with van der Waals surface area (Å²) < 4.78 is 0. The van der Waals surface area contributed by atoms with E-state index in [9.17, 15) is 0 Å². The van der Waals surface area contributed by atoms with Crippen molar-refractivity contribution in [2.45, 2.75) is 52.1 Å². The van der Waals surface area contributed by atoms with E-state index in [1.54, 1.807) is 0 Å². The van der Waals surface area contributed by atoms with E-state index in [0.29, 0.717) is 6.04 Å². The van der Waals surface area contributed by atoms with Gasteiger partial charge >= 0.3 is 0 Å². The fraction of sp³-hybridized carbons (Fsp3) is 1.00. The summed E-state index contributed by atoms with van der Waals surface area (Å²) in [4.78, 5) is 4.93. The fourth-order valence-electron chi connectivity index (χ4n) is 2.56. The van der Waals surface area contributed by atoms with Crippen molar-refractivity contribution < 1.29 is 0 Å². The monoisotopic (exact) mass is 241 g/mol. The third-order valence-corrected chi connectivity index (χ3v) is 3.91. The van der Waals surface area contributed by atoms with Crippen molar-refractivity contribution in [1.29, 1.82) is 0 Å². The zero-order valence-corrected chi connectivity index (χ0v) is 12.4. The zero-order chi connectivity index (χ0) is 13.1. The Morgan fingerprint density at radius 2 is 2.00 bits per heavy atom. The molecule has 3 heteroatoms. The number of rotatable bonds is 5. The Hall–Kier alpha value is -0.120. The Balaban J connectivity index is 2.35. The summed E-state index contributed by atoms with van der Waals surface area (Å²) in [5.41, 5.74) is 6.47. The number of likely N-dealkylation sites (tertiary alicyclic amines) is 1. The third kappa shape index (κ3) is 4.94. The van der Waals surface area contributed by atoms with Crippen LogP contribution in [0.2, 0.25) is 0 Å². The van der Waals surface area contributed by atoms with Crippen LogP contribution in [0.15, 0.2) is 0 Å². The normalized spacial score (nSPS) is 24.5. The summed E-state index contributed by atoms with van der Waals surface area (Å²) in [5.74, 6) is 0. The second-order valence-corrected chi connectivity index (χ2v) is 6.86. The largest absolute Gasteiger partial charge is 0.327 e. The van der Waals surface area contributed by atoms with Crippen molar-refractivity contribution in [3.63, 3.8) is 0 Å². The van der Waals surface area contributed by atoms with Gasteiger partial charge in [-0.15, -0.1) is 0 Å². The molecule has 0 aliphatic carbocycles. The first-order valence-corrected chi connectivity index (χ1v) is 6.95. The Bertz CT molecular complexity index is 220. The van der Waals surface area contributed by atoms with Crippen LogP contribution in [-0.4, -0.2) is 55.6 Å². The minimum Gasteiger partial charge on any atom is -0.327 e. The van der Waals surface area contributed by atoms with E-state index in [-0.39, 0.29) is 5.41 Å².